The van der Waals surface area contributed by atoms with E-state index in [0.717, 1.165) is 0 Å². The standard InChI is InChI=1S/C13H15ClN2/c14-12-8-9-16-13(15)11(12)7-6-10-4-2-1-3-5-10/h8-10H,1-5H2,(H2,15,16). The second-order valence-electron chi connectivity index (χ2n) is 4.16. The van der Waals surface area contributed by atoms with Crippen molar-refractivity contribution in [1.29, 1.82) is 0 Å². The van der Waals surface area contributed by atoms with Gasteiger partial charge in [0.2, 0.25) is 0 Å². The van der Waals surface area contributed by atoms with E-state index in [-0.39, 0.29) is 0 Å². The van der Waals surface area contributed by atoms with Gasteiger partial charge in [-0.05, 0) is 18.9 Å². The van der Waals surface area contributed by atoms with Crippen LogP contribution in [0.3, 0.4) is 0 Å². The van der Waals surface area contributed by atoms with E-state index >= 15 is 0 Å². The fourth-order valence-corrected chi connectivity index (χ4v) is 2.20. The smallest absolute Gasteiger partial charge is 0.140 e. The van der Waals surface area contributed by atoms with Crippen LogP contribution in [0.1, 0.15) is 37.7 Å². The Morgan fingerprint density at radius 3 is 2.75 bits per heavy atom. The summed E-state index contributed by atoms with van der Waals surface area (Å²) in [6, 6.07) is 1.72. The molecular weight excluding hydrogens is 220 g/mol. The maximum Gasteiger partial charge on any atom is 0.140 e. The number of hydrogen-bond donors (Lipinski definition) is 1. The molecule has 0 spiro atoms. The minimum atomic E-state index is 0.427. The summed E-state index contributed by atoms with van der Waals surface area (Å²) in [4.78, 5) is 3.99. The lowest BCUT2D eigenvalue weighted by Gasteiger charge is -2.15. The van der Waals surface area contributed by atoms with E-state index in [2.05, 4.69) is 16.8 Å². The first-order valence-corrected chi connectivity index (χ1v) is 6.06. The van der Waals surface area contributed by atoms with Crippen molar-refractivity contribution in [2.45, 2.75) is 32.1 Å². The van der Waals surface area contributed by atoms with Crippen molar-refractivity contribution in [3.63, 3.8) is 0 Å². The van der Waals surface area contributed by atoms with Gasteiger partial charge in [0.25, 0.3) is 0 Å². The molecule has 0 saturated heterocycles. The van der Waals surface area contributed by atoms with Gasteiger partial charge in [-0.2, -0.15) is 0 Å². The Labute approximate surface area is 101 Å². The monoisotopic (exact) mass is 234 g/mol. The number of halogens is 1. The predicted octanol–water partition coefficient (Wildman–Crippen LogP) is 3.25. The van der Waals surface area contributed by atoms with E-state index in [1.807, 2.05) is 0 Å². The molecule has 0 atom stereocenters. The van der Waals surface area contributed by atoms with Gasteiger partial charge >= 0.3 is 0 Å². The van der Waals surface area contributed by atoms with Gasteiger partial charge in [-0.15, -0.1) is 0 Å². The third-order valence-corrected chi connectivity index (χ3v) is 3.25. The molecule has 1 fully saturated rings. The van der Waals surface area contributed by atoms with E-state index in [9.17, 15) is 0 Å². The molecule has 0 radical (unpaired) electrons. The molecule has 1 aliphatic carbocycles. The van der Waals surface area contributed by atoms with Crippen LogP contribution < -0.4 is 5.73 Å². The third-order valence-electron chi connectivity index (χ3n) is 2.94. The fourth-order valence-electron chi connectivity index (χ4n) is 2.00. The second-order valence-corrected chi connectivity index (χ2v) is 4.56. The van der Waals surface area contributed by atoms with Gasteiger partial charge < -0.3 is 5.73 Å². The lowest BCUT2D eigenvalue weighted by molar-refractivity contribution is 0.430. The Bertz CT molecular complexity index is 405. The average Bonchev–Trinajstić information content (AvgIpc) is 2.30. The quantitative estimate of drug-likeness (QED) is 0.700. The lowest BCUT2D eigenvalue weighted by atomic mass is 9.90. The van der Waals surface area contributed by atoms with Crippen LogP contribution in [0.15, 0.2) is 12.3 Å². The highest BCUT2D eigenvalue weighted by molar-refractivity contribution is 6.32. The Kier molecular flexibility index (Phi) is 3.69. The van der Waals surface area contributed by atoms with E-state index in [1.54, 1.807) is 12.3 Å². The molecule has 3 heteroatoms. The number of nitrogens with two attached hydrogens (primary N) is 1. The average molecular weight is 235 g/mol. The number of hydrogen-bond acceptors (Lipinski definition) is 2. The summed E-state index contributed by atoms with van der Waals surface area (Å²) in [5, 5.41) is 0.593. The van der Waals surface area contributed by atoms with E-state index in [0.29, 0.717) is 22.3 Å². The highest BCUT2D eigenvalue weighted by Gasteiger charge is 2.10. The zero-order valence-corrected chi connectivity index (χ0v) is 9.93. The maximum atomic E-state index is 6.02. The summed E-state index contributed by atoms with van der Waals surface area (Å²) in [5.74, 6) is 7.28. The van der Waals surface area contributed by atoms with Gasteiger partial charge in [0.15, 0.2) is 0 Å². The molecule has 0 aromatic carbocycles. The zero-order chi connectivity index (χ0) is 11.4. The molecule has 0 aliphatic heterocycles. The van der Waals surface area contributed by atoms with E-state index in [1.165, 1.54) is 32.1 Å². The van der Waals surface area contributed by atoms with Crippen LogP contribution in [0, 0.1) is 17.8 Å². The Balaban J connectivity index is 2.16. The molecule has 1 aliphatic rings. The van der Waals surface area contributed by atoms with Gasteiger partial charge in [0.05, 0.1) is 10.6 Å². The zero-order valence-electron chi connectivity index (χ0n) is 9.17. The Morgan fingerprint density at radius 2 is 2.06 bits per heavy atom. The molecule has 2 N–H and O–H groups in total. The van der Waals surface area contributed by atoms with Crippen molar-refractivity contribution < 1.29 is 0 Å². The molecule has 84 valence electrons. The van der Waals surface area contributed by atoms with Gasteiger partial charge in [-0.3, -0.25) is 0 Å². The number of rotatable bonds is 0. The first kappa shape index (κ1) is 11.3. The molecule has 1 aromatic heterocycles. The summed E-state index contributed by atoms with van der Waals surface area (Å²) < 4.78 is 0. The van der Waals surface area contributed by atoms with Gasteiger partial charge in [-0.1, -0.05) is 42.7 Å². The predicted molar refractivity (Wildman–Crippen MR) is 67.1 cm³/mol. The summed E-state index contributed by atoms with van der Waals surface area (Å²) in [6.07, 6.45) is 7.91. The molecule has 1 heterocycles. The second kappa shape index (κ2) is 5.23. The van der Waals surface area contributed by atoms with Gasteiger partial charge in [0.1, 0.15) is 5.82 Å². The number of aromatic nitrogens is 1. The number of anilines is 1. The summed E-state index contributed by atoms with van der Waals surface area (Å²) >= 11 is 6.02. The summed E-state index contributed by atoms with van der Waals surface area (Å²) in [6.45, 7) is 0. The van der Waals surface area contributed by atoms with Crippen molar-refractivity contribution in [3.05, 3.63) is 22.8 Å². The first-order valence-electron chi connectivity index (χ1n) is 5.69. The van der Waals surface area contributed by atoms with E-state index in [4.69, 9.17) is 17.3 Å². The van der Waals surface area contributed by atoms with Crippen LogP contribution in [0.4, 0.5) is 5.82 Å². The fraction of sp³-hybridized carbons (Fsp3) is 0.462. The third kappa shape index (κ3) is 2.68. The molecular formula is C13H15ClN2. The molecule has 2 nitrogen and oxygen atoms in total. The maximum absolute atomic E-state index is 6.02. The molecule has 1 aromatic rings. The van der Waals surface area contributed by atoms with Crippen molar-refractivity contribution >= 4 is 17.4 Å². The van der Waals surface area contributed by atoms with Crippen LogP contribution in [0.5, 0.6) is 0 Å². The van der Waals surface area contributed by atoms with E-state index < -0.39 is 0 Å². The van der Waals surface area contributed by atoms with Crippen molar-refractivity contribution in [2.75, 3.05) is 5.73 Å². The minimum Gasteiger partial charge on any atom is -0.383 e. The molecule has 0 unspecified atom stereocenters. The number of nitrogens with zero attached hydrogens (tertiary/aromatic N) is 1. The number of pyridine rings is 1. The van der Waals surface area contributed by atoms with Crippen LogP contribution in [0.25, 0.3) is 0 Å². The molecule has 0 amide bonds. The molecule has 1 saturated carbocycles. The number of nitrogen functional groups attached to an aromatic ring is 1. The highest BCUT2D eigenvalue weighted by atomic mass is 35.5. The van der Waals surface area contributed by atoms with Crippen LogP contribution in [0.2, 0.25) is 5.02 Å². The topological polar surface area (TPSA) is 38.9 Å². The van der Waals surface area contributed by atoms with Crippen LogP contribution >= 0.6 is 11.6 Å². The Hall–Kier alpha value is -1.20. The van der Waals surface area contributed by atoms with Gasteiger partial charge in [-0.25, -0.2) is 4.98 Å². The first-order chi connectivity index (χ1) is 7.77. The van der Waals surface area contributed by atoms with Crippen LogP contribution in [-0.4, -0.2) is 4.98 Å². The molecule has 0 bridgehead atoms. The highest BCUT2D eigenvalue weighted by Crippen LogP contribution is 2.24. The SMILES string of the molecule is Nc1nccc(Cl)c1C#CC1CCCCC1. The van der Waals surface area contributed by atoms with Gasteiger partial charge in [0, 0.05) is 12.1 Å². The van der Waals surface area contributed by atoms with Crippen LogP contribution in [-0.2, 0) is 0 Å². The van der Waals surface area contributed by atoms with Crippen molar-refractivity contribution in [2.24, 2.45) is 5.92 Å². The lowest BCUT2D eigenvalue weighted by Crippen LogP contribution is -2.03. The van der Waals surface area contributed by atoms with Crippen molar-refractivity contribution in [3.8, 4) is 11.8 Å². The van der Waals surface area contributed by atoms with Crippen molar-refractivity contribution in [1.82, 2.24) is 4.98 Å². The summed E-state index contributed by atoms with van der Waals surface area (Å²) in [7, 11) is 0. The Morgan fingerprint density at radius 1 is 1.31 bits per heavy atom. The normalized spacial score (nSPS) is 16.6. The largest absolute Gasteiger partial charge is 0.383 e. The summed E-state index contributed by atoms with van der Waals surface area (Å²) in [5.41, 5.74) is 6.41. The minimum absolute atomic E-state index is 0.427. The molecule has 2 rings (SSSR count). The molecule has 16 heavy (non-hydrogen) atoms.